The van der Waals surface area contributed by atoms with Crippen LogP contribution in [0.5, 0.6) is 0 Å². The molecule has 1 aromatic heterocycles. The molecule has 1 N–H and O–H groups in total. The maximum Gasteiger partial charge on any atom is 0.0948 e. The Bertz CT molecular complexity index is 271. The van der Waals surface area contributed by atoms with Crippen molar-refractivity contribution < 1.29 is 4.74 Å². The number of rotatable bonds is 7. The van der Waals surface area contributed by atoms with E-state index in [0.29, 0.717) is 12.6 Å². The Kier molecular flexibility index (Phi) is 5.36. The molecule has 86 valence electrons. The molecular weight excluding hydrogens is 190 g/mol. The van der Waals surface area contributed by atoms with Crippen molar-refractivity contribution in [2.45, 2.75) is 40.0 Å². The average molecular weight is 211 g/mol. The van der Waals surface area contributed by atoms with E-state index in [2.05, 4.69) is 35.6 Å². The number of nitrogens with one attached hydrogen (secondary N) is 1. The molecule has 1 heterocycles. The molecule has 0 radical (unpaired) electrons. The summed E-state index contributed by atoms with van der Waals surface area (Å²) in [7, 11) is 0. The zero-order valence-electron chi connectivity index (χ0n) is 9.86. The number of aromatic nitrogens is 2. The fraction of sp³-hybridized carbons (Fsp3) is 0.727. The van der Waals surface area contributed by atoms with Crippen LogP contribution in [-0.4, -0.2) is 28.7 Å². The fourth-order valence-corrected chi connectivity index (χ4v) is 1.35. The highest BCUT2D eigenvalue weighted by Gasteiger charge is 1.99. The Morgan fingerprint density at radius 1 is 1.53 bits per heavy atom. The summed E-state index contributed by atoms with van der Waals surface area (Å²) >= 11 is 0. The highest BCUT2D eigenvalue weighted by molar-refractivity contribution is 4.95. The molecule has 0 unspecified atom stereocenters. The number of ether oxygens (including phenoxy) is 1. The van der Waals surface area contributed by atoms with Gasteiger partial charge in [-0.3, -0.25) is 0 Å². The minimum absolute atomic E-state index is 0.523. The quantitative estimate of drug-likeness (QED) is 0.693. The number of hydrogen-bond donors (Lipinski definition) is 1. The average Bonchev–Trinajstić information content (AvgIpc) is 2.64. The summed E-state index contributed by atoms with van der Waals surface area (Å²) < 4.78 is 7.64. The molecule has 0 bridgehead atoms. The van der Waals surface area contributed by atoms with Crippen molar-refractivity contribution in [3.05, 3.63) is 18.2 Å². The first-order valence-electron chi connectivity index (χ1n) is 5.54. The van der Waals surface area contributed by atoms with Crippen LogP contribution in [0.25, 0.3) is 0 Å². The van der Waals surface area contributed by atoms with Crippen molar-refractivity contribution in [3.63, 3.8) is 0 Å². The molecule has 1 aromatic rings. The van der Waals surface area contributed by atoms with Gasteiger partial charge in [0.15, 0.2) is 0 Å². The fourth-order valence-electron chi connectivity index (χ4n) is 1.35. The summed E-state index contributed by atoms with van der Waals surface area (Å²) in [5.74, 6) is 0. The Hall–Kier alpha value is -0.870. The number of aryl methyl sites for hydroxylation is 1. The van der Waals surface area contributed by atoms with E-state index in [9.17, 15) is 0 Å². The molecule has 0 amide bonds. The number of hydrogen-bond acceptors (Lipinski definition) is 3. The van der Waals surface area contributed by atoms with Gasteiger partial charge < -0.3 is 14.6 Å². The van der Waals surface area contributed by atoms with Crippen LogP contribution in [0.1, 0.15) is 26.5 Å². The predicted molar refractivity (Wildman–Crippen MR) is 60.7 cm³/mol. The maximum absolute atomic E-state index is 5.55. The van der Waals surface area contributed by atoms with Gasteiger partial charge in [-0.05, 0) is 6.92 Å². The zero-order chi connectivity index (χ0) is 11.1. The minimum Gasteiger partial charge on any atom is -0.374 e. The standard InChI is InChI=1S/C11H21N3O/c1-4-14-9-12-7-11(14)8-15-6-5-13-10(2)3/h7,9-10,13H,4-6,8H2,1-3H3. The van der Waals surface area contributed by atoms with E-state index in [0.717, 1.165) is 25.4 Å². The van der Waals surface area contributed by atoms with Crippen molar-refractivity contribution in [1.82, 2.24) is 14.9 Å². The van der Waals surface area contributed by atoms with Gasteiger partial charge in [0, 0.05) is 19.1 Å². The third-order valence-corrected chi connectivity index (χ3v) is 2.19. The molecule has 0 spiro atoms. The van der Waals surface area contributed by atoms with Crippen LogP contribution in [0.4, 0.5) is 0 Å². The Morgan fingerprint density at radius 3 is 3.00 bits per heavy atom. The lowest BCUT2D eigenvalue weighted by atomic mass is 10.4. The van der Waals surface area contributed by atoms with E-state index in [1.807, 2.05) is 12.5 Å². The third-order valence-electron chi connectivity index (χ3n) is 2.19. The largest absolute Gasteiger partial charge is 0.374 e. The van der Waals surface area contributed by atoms with E-state index < -0.39 is 0 Å². The van der Waals surface area contributed by atoms with E-state index in [-0.39, 0.29) is 0 Å². The molecule has 15 heavy (non-hydrogen) atoms. The Balaban J connectivity index is 2.15. The van der Waals surface area contributed by atoms with Gasteiger partial charge in [-0.25, -0.2) is 4.98 Å². The lowest BCUT2D eigenvalue weighted by molar-refractivity contribution is 0.116. The zero-order valence-corrected chi connectivity index (χ0v) is 9.86. The normalized spacial score (nSPS) is 11.2. The minimum atomic E-state index is 0.523. The molecule has 4 nitrogen and oxygen atoms in total. The summed E-state index contributed by atoms with van der Waals surface area (Å²) in [5.41, 5.74) is 1.14. The number of nitrogens with zero attached hydrogens (tertiary/aromatic N) is 2. The van der Waals surface area contributed by atoms with E-state index in [1.54, 1.807) is 0 Å². The van der Waals surface area contributed by atoms with Gasteiger partial charge in [0.2, 0.25) is 0 Å². The van der Waals surface area contributed by atoms with Crippen LogP contribution in [0.3, 0.4) is 0 Å². The summed E-state index contributed by atoms with van der Waals surface area (Å²) in [6, 6.07) is 0.523. The first kappa shape index (κ1) is 12.2. The van der Waals surface area contributed by atoms with Gasteiger partial charge in [-0.1, -0.05) is 13.8 Å². The van der Waals surface area contributed by atoms with Crippen LogP contribution in [-0.2, 0) is 17.9 Å². The number of imidazole rings is 1. The lowest BCUT2D eigenvalue weighted by Gasteiger charge is -2.09. The maximum atomic E-state index is 5.55. The van der Waals surface area contributed by atoms with Crippen molar-refractivity contribution in [1.29, 1.82) is 0 Å². The van der Waals surface area contributed by atoms with Crippen molar-refractivity contribution >= 4 is 0 Å². The van der Waals surface area contributed by atoms with Crippen molar-refractivity contribution in [3.8, 4) is 0 Å². The molecule has 1 rings (SSSR count). The van der Waals surface area contributed by atoms with Gasteiger partial charge in [0.05, 0.1) is 31.4 Å². The second kappa shape index (κ2) is 6.58. The molecule has 0 aliphatic rings. The topological polar surface area (TPSA) is 39.1 Å². The lowest BCUT2D eigenvalue weighted by Crippen LogP contribution is -2.26. The SMILES string of the molecule is CCn1cncc1COCCNC(C)C. The van der Waals surface area contributed by atoms with Gasteiger partial charge in [-0.15, -0.1) is 0 Å². The molecule has 4 heteroatoms. The molecule has 0 atom stereocenters. The van der Waals surface area contributed by atoms with Gasteiger partial charge in [-0.2, -0.15) is 0 Å². The molecule has 0 saturated heterocycles. The van der Waals surface area contributed by atoms with Gasteiger partial charge in [0.25, 0.3) is 0 Å². The smallest absolute Gasteiger partial charge is 0.0948 e. The first-order chi connectivity index (χ1) is 7.24. The monoisotopic (exact) mass is 211 g/mol. The second-order valence-corrected chi connectivity index (χ2v) is 3.83. The molecular formula is C11H21N3O. The molecule has 0 aliphatic carbocycles. The van der Waals surface area contributed by atoms with Gasteiger partial charge >= 0.3 is 0 Å². The molecule has 0 fully saturated rings. The Morgan fingerprint density at radius 2 is 2.33 bits per heavy atom. The van der Waals surface area contributed by atoms with Gasteiger partial charge in [0.1, 0.15) is 0 Å². The van der Waals surface area contributed by atoms with Crippen LogP contribution < -0.4 is 5.32 Å². The summed E-state index contributed by atoms with van der Waals surface area (Å²) in [4.78, 5) is 4.09. The Labute approximate surface area is 91.7 Å². The molecule has 0 aliphatic heterocycles. The summed E-state index contributed by atoms with van der Waals surface area (Å²) in [5, 5.41) is 3.31. The second-order valence-electron chi connectivity index (χ2n) is 3.83. The summed E-state index contributed by atoms with van der Waals surface area (Å²) in [6.07, 6.45) is 3.70. The van der Waals surface area contributed by atoms with Crippen molar-refractivity contribution in [2.75, 3.05) is 13.2 Å². The van der Waals surface area contributed by atoms with E-state index in [4.69, 9.17) is 4.74 Å². The van der Waals surface area contributed by atoms with E-state index >= 15 is 0 Å². The highest BCUT2D eigenvalue weighted by atomic mass is 16.5. The molecule has 0 aromatic carbocycles. The van der Waals surface area contributed by atoms with Crippen LogP contribution >= 0.6 is 0 Å². The highest BCUT2D eigenvalue weighted by Crippen LogP contribution is 2.00. The third kappa shape index (κ3) is 4.44. The molecule has 0 saturated carbocycles. The first-order valence-corrected chi connectivity index (χ1v) is 5.54. The predicted octanol–water partition coefficient (Wildman–Crippen LogP) is 1.42. The van der Waals surface area contributed by atoms with Crippen LogP contribution in [0.15, 0.2) is 12.5 Å². The summed E-state index contributed by atoms with van der Waals surface area (Å²) in [6.45, 7) is 9.60. The van der Waals surface area contributed by atoms with Crippen molar-refractivity contribution in [2.24, 2.45) is 0 Å². The van der Waals surface area contributed by atoms with Crippen LogP contribution in [0, 0.1) is 0 Å². The van der Waals surface area contributed by atoms with E-state index in [1.165, 1.54) is 0 Å². The van der Waals surface area contributed by atoms with Crippen LogP contribution in [0.2, 0.25) is 0 Å².